The molecule has 0 radical (unpaired) electrons. The van der Waals surface area contributed by atoms with Gasteiger partial charge in [-0.3, -0.25) is 28.8 Å². The van der Waals surface area contributed by atoms with Crippen molar-refractivity contribution < 1.29 is 38.2 Å². The Balaban J connectivity index is 1.30. The van der Waals surface area contributed by atoms with Crippen molar-refractivity contribution in [3.05, 3.63) is 129 Å². The largest absolute Gasteiger partial charge is 0.491 e. The number of nitrogens with zero attached hydrogens (tertiary/aromatic N) is 4. The van der Waals surface area contributed by atoms with Crippen LogP contribution in [-0.4, -0.2) is 61.5 Å². The van der Waals surface area contributed by atoms with Crippen LogP contribution in [0, 0.1) is 0 Å². The Bertz CT molecular complexity index is 2560. The van der Waals surface area contributed by atoms with Crippen LogP contribution in [0.1, 0.15) is 70.3 Å². The molecule has 5 rings (SSSR count). The normalized spacial score (nSPS) is 13.0. The van der Waals surface area contributed by atoms with Crippen molar-refractivity contribution in [3.8, 4) is 11.5 Å². The number of hydrogen-bond acceptors (Lipinski definition) is 12. The number of azo groups is 2. The van der Waals surface area contributed by atoms with Gasteiger partial charge in [0.15, 0.2) is 23.1 Å². The molecule has 0 aliphatic rings. The predicted octanol–water partition coefficient (Wildman–Crippen LogP) is 11.5. The van der Waals surface area contributed by atoms with Crippen LogP contribution in [0.15, 0.2) is 118 Å². The van der Waals surface area contributed by atoms with Gasteiger partial charge in [0.1, 0.15) is 11.4 Å². The van der Waals surface area contributed by atoms with E-state index in [2.05, 4.69) is 41.7 Å². The lowest BCUT2D eigenvalue weighted by Crippen LogP contribution is -2.32. The van der Waals surface area contributed by atoms with Gasteiger partial charge in [0.2, 0.25) is 12.1 Å². The molecule has 4 N–H and O–H groups in total. The van der Waals surface area contributed by atoms with E-state index in [1.165, 1.54) is 62.8 Å². The summed E-state index contributed by atoms with van der Waals surface area (Å²) >= 11 is 25.1. The number of halogens is 4. The monoisotopic (exact) mass is 974 g/mol. The Morgan fingerprint density at radius 1 is 0.530 bits per heavy atom. The van der Waals surface area contributed by atoms with Crippen molar-refractivity contribution in [3.63, 3.8) is 0 Å². The SMILES string of the molecule is COc1c(NC(=O)C(N=Nc2cc(C(=O)Nc3cccc(C(C)Cl)c3)ccc2Cl)C(C)=O)ccc(NC(=O)C(N=Nc2cc(C(=O)Nc3cccc(C(C)Cl)c3)ccc2Cl)C(C)=O)c1OC. The number of alkyl halides is 2. The first-order valence-corrected chi connectivity index (χ1v) is 21.4. The van der Waals surface area contributed by atoms with Crippen LogP contribution in [0.25, 0.3) is 0 Å². The van der Waals surface area contributed by atoms with Crippen LogP contribution < -0.4 is 30.7 Å². The van der Waals surface area contributed by atoms with Gasteiger partial charge in [-0.05, 0) is 112 Å². The average molecular weight is 977 g/mol. The van der Waals surface area contributed by atoms with E-state index >= 15 is 0 Å². The molecule has 4 amide bonds. The number of hydrogen-bond donors (Lipinski definition) is 4. The molecule has 0 saturated heterocycles. The van der Waals surface area contributed by atoms with Gasteiger partial charge in [0.05, 0.1) is 46.4 Å². The predicted molar refractivity (Wildman–Crippen MR) is 255 cm³/mol. The van der Waals surface area contributed by atoms with Crippen LogP contribution >= 0.6 is 46.4 Å². The smallest absolute Gasteiger partial charge is 0.258 e. The average Bonchev–Trinajstić information content (AvgIpc) is 3.27. The number of nitrogens with one attached hydrogen (secondary N) is 4. The molecule has 4 atom stereocenters. The molecule has 5 aromatic carbocycles. The highest BCUT2D eigenvalue weighted by atomic mass is 35.5. The number of amides is 4. The van der Waals surface area contributed by atoms with Crippen LogP contribution in [-0.2, 0) is 19.2 Å². The second kappa shape index (κ2) is 22.9. The van der Waals surface area contributed by atoms with Crippen LogP contribution in [0.3, 0.4) is 0 Å². The molecule has 4 unspecified atom stereocenters. The molecule has 20 heteroatoms. The number of ketones is 2. The van der Waals surface area contributed by atoms with Crippen molar-refractivity contribution in [2.45, 2.75) is 50.5 Å². The van der Waals surface area contributed by atoms with Gasteiger partial charge < -0.3 is 30.7 Å². The zero-order valence-corrected chi connectivity index (χ0v) is 39.1. The number of carbonyl (C=O) groups is 6. The minimum Gasteiger partial charge on any atom is -0.491 e. The number of carbonyl (C=O) groups excluding carboxylic acids is 6. The summed E-state index contributed by atoms with van der Waals surface area (Å²) in [4.78, 5) is 78.7. The van der Waals surface area contributed by atoms with Crippen molar-refractivity contribution >= 4 is 116 Å². The van der Waals surface area contributed by atoms with Gasteiger partial charge in [-0.15, -0.1) is 23.2 Å². The summed E-state index contributed by atoms with van der Waals surface area (Å²) in [6.45, 7) is 5.88. The van der Waals surface area contributed by atoms with Crippen LogP contribution in [0.4, 0.5) is 34.1 Å². The molecule has 16 nitrogen and oxygen atoms in total. The molecule has 0 heterocycles. The maximum atomic E-state index is 13.5. The molecule has 0 spiro atoms. The van der Waals surface area contributed by atoms with Crippen molar-refractivity contribution in [2.24, 2.45) is 20.5 Å². The Hall–Kier alpha value is -6.72. The van der Waals surface area contributed by atoms with E-state index < -0.39 is 47.3 Å². The first kappa shape index (κ1) is 50.3. The lowest BCUT2D eigenvalue weighted by atomic mass is 10.1. The second-order valence-corrected chi connectivity index (χ2v) is 16.5. The van der Waals surface area contributed by atoms with E-state index in [4.69, 9.17) is 55.9 Å². The number of rotatable bonds is 18. The number of ether oxygens (including phenoxy) is 2. The topological polar surface area (TPSA) is 218 Å². The Kier molecular flexibility index (Phi) is 17.5. The summed E-state index contributed by atoms with van der Waals surface area (Å²) in [5.74, 6) is -4.35. The molecule has 0 aliphatic carbocycles. The Morgan fingerprint density at radius 3 is 1.24 bits per heavy atom. The first-order chi connectivity index (χ1) is 31.4. The number of methoxy groups -OCH3 is 2. The molecule has 0 saturated carbocycles. The number of Topliss-reactive ketones (excluding diaryl/α,β-unsaturated/α-hetero) is 2. The van der Waals surface area contributed by atoms with Gasteiger partial charge in [0, 0.05) is 22.5 Å². The Morgan fingerprint density at radius 2 is 0.909 bits per heavy atom. The molecule has 0 bridgehead atoms. The van der Waals surface area contributed by atoms with E-state index in [0.717, 1.165) is 25.0 Å². The highest BCUT2D eigenvalue weighted by molar-refractivity contribution is 6.33. The van der Waals surface area contributed by atoms with E-state index in [1.54, 1.807) is 50.2 Å². The summed E-state index contributed by atoms with van der Waals surface area (Å²) in [5.41, 5.74) is 2.99. The minimum atomic E-state index is -1.68. The quantitative estimate of drug-likeness (QED) is 0.0375. The summed E-state index contributed by atoms with van der Waals surface area (Å²) < 4.78 is 11.1. The van der Waals surface area contributed by atoms with Crippen molar-refractivity contribution in [2.75, 3.05) is 35.5 Å². The molecule has 5 aromatic rings. The van der Waals surface area contributed by atoms with Gasteiger partial charge in [-0.25, -0.2) is 0 Å². The fraction of sp³-hybridized carbons (Fsp3) is 0.217. The summed E-state index contributed by atoms with van der Waals surface area (Å²) in [7, 11) is 2.54. The zero-order chi connectivity index (χ0) is 48.2. The lowest BCUT2D eigenvalue weighted by Gasteiger charge is -2.19. The molecule has 66 heavy (non-hydrogen) atoms. The fourth-order valence-electron chi connectivity index (χ4n) is 6.04. The highest BCUT2D eigenvalue weighted by Crippen LogP contribution is 2.42. The molecular formula is C46H42Cl4N8O8. The molecule has 342 valence electrons. The fourth-order valence-corrected chi connectivity index (χ4v) is 6.62. The third-order valence-corrected chi connectivity index (χ3v) is 10.6. The van der Waals surface area contributed by atoms with E-state index in [9.17, 15) is 28.8 Å². The van der Waals surface area contributed by atoms with Crippen LogP contribution in [0.2, 0.25) is 10.0 Å². The third kappa shape index (κ3) is 13.0. The zero-order valence-electron chi connectivity index (χ0n) is 36.1. The maximum Gasteiger partial charge on any atom is 0.258 e. The van der Waals surface area contributed by atoms with Gasteiger partial charge >= 0.3 is 0 Å². The third-order valence-electron chi connectivity index (χ3n) is 9.49. The highest BCUT2D eigenvalue weighted by Gasteiger charge is 2.29. The molecule has 0 aromatic heterocycles. The second-order valence-electron chi connectivity index (χ2n) is 14.4. The van der Waals surface area contributed by atoms with E-state index in [-0.39, 0.29) is 66.2 Å². The van der Waals surface area contributed by atoms with E-state index in [0.29, 0.717) is 11.4 Å². The Labute approximate surface area is 399 Å². The van der Waals surface area contributed by atoms with Crippen molar-refractivity contribution in [1.29, 1.82) is 0 Å². The number of anilines is 4. The van der Waals surface area contributed by atoms with Crippen molar-refractivity contribution in [1.82, 2.24) is 0 Å². The summed E-state index contributed by atoms with van der Waals surface area (Å²) in [5, 5.41) is 26.3. The minimum absolute atomic E-state index is 0.00538. The maximum absolute atomic E-state index is 13.5. The van der Waals surface area contributed by atoms with Gasteiger partial charge in [0.25, 0.3) is 23.6 Å². The van der Waals surface area contributed by atoms with Gasteiger partial charge in [-0.1, -0.05) is 47.5 Å². The molecule has 0 aliphatic heterocycles. The molecule has 0 fully saturated rings. The standard InChI is InChI=1S/C46H42Cl4N8O8/c1-23(47)27-9-7-11-31(19-27)51-43(61)29-13-15-33(49)37(21-29)55-57-39(25(3)59)45(63)53-35-17-18-36(42(66-6)41(35)65-5)54-46(64)40(26(4)60)58-56-38-22-30(14-16-34(38)50)44(62)52-32-12-8-10-28(20-32)24(2)48/h7-24,39-40H,1-6H3,(H,51,61)(H,52,62)(H,53,63)(H,54,64). The van der Waals surface area contributed by atoms with Crippen LogP contribution in [0.5, 0.6) is 11.5 Å². The number of benzene rings is 5. The van der Waals surface area contributed by atoms with E-state index in [1.807, 2.05) is 12.1 Å². The molecular weight excluding hydrogens is 934 g/mol. The lowest BCUT2D eigenvalue weighted by molar-refractivity contribution is -0.127. The summed E-state index contributed by atoms with van der Waals surface area (Å²) in [6.07, 6.45) is 0. The first-order valence-electron chi connectivity index (χ1n) is 19.8. The summed E-state index contributed by atoms with van der Waals surface area (Å²) in [6, 6.07) is 21.9. The van der Waals surface area contributed by atoms with Gasteiger partial charge in [-0.2, -0.15) is 20.5 Å².